The Morgan fingerprint density at radius 2 is 1.82 bits per heavy atom. The van der Waals surface area contributed by atoms with Crippen molar-refractivity contribution >= 4 is 5.71 Å². The molecular formula is C15H14FN. The van der Waals surface area contributed by atoms with Gasteiger partial charge in [0.05, 0.1) is 6.54 Å². The fourth-order valence-electron chi connectivity index (χ4n) is 1.60. The SMILES string of the molecule is CC(=NCc1ccccc1)c1cccc(F)c1. The average molecular weight is 227 g/mol. The van der Waals surface area contributed by atoms with Crippen LogP contribution in [0.5, 0.6) is 0 Å². The molecule has 2 rings (SSSR count). The molecule has 1 nitrogen and oxygen atoms in total. The summed E-state index contributed by atoms with van der Waals surface area (Å²) in [5.74, 6) is -0.225. The number of aliphatic imine (C=N–C) groups is 1. The van der Waals surface area contributed by atoms with E-state index in [9.17, 15) is 4.39 Å². The van der Waals surface area contributed by atoms with Gasteiger partial charge in [-0.3, -0.25) is 4.99 Å². The highest BCUT2D eigenvalue weighted by Gasteiger charge is 1.98. The molecule has 0 saturated carbocycles. The van der Waals surface area contributed by atoms with Crippen molar-refractivity contribution in [2.24, 2.45) is 4.99 Å². The van der Waals surface area contributed by atoms with E-state index in [1.165, 1.54) is 12.1 Å². The molecule has 0 atom stereocenters. The molecule has 0 fully saturated rings. The van der Waals surface area contributed by atoms with Crippen LogP contribution in [-0.4, -0.2) is 5.71 Å². The number of hydrogen-bond acceptors (Lipinski definition) is 1. The number of halogens is 1. The zero-order chi connectivity index (χ0) is 12.1. The van der Waals surface area contributed by atoms with Gasteiger partial charge in [-0.15, -0.1) is 0 Å². The maximum Gasteiger partial charge on any atom is 0.123 e. The molecule has 0 saturated heterocycles. The van der Waals surface area contributed by atoms with Gasteiger partial charge in [0.15, 0.2) is 0 Å². The van der Waals surface area contributed by atoms with Crippen LogP contribution < -0.4 is 0 Å². The summed E-state index contributed by atoms with van der Waals surface area (Å²) in [4.78, 5) is 4.46. The molecule has 0 aromatic heterocycles. The third kappa shape index (κ3) is 3.25. The normalized spacial score (nSPS) is 11.5. The summed E-state index contributed by atoms with van der Waals surface area (Å²) in [6, 6.07) is 16.5. The van der Waals surface area contributed by atoms with E-state index in [0.29, 0.717) is 6.54 Å². The van der Waals surface area contributed by atoms with Crippen LogP contribution >= 0.6 is 0 Å². The second kappa shape index (κ2) is 5.39. The molecule has 0 heterocycles. The maximum atomic E-state index is 13.0. The van der Waals surface area contributed by atoms with Crippen LogP contribution in [0.15, 0.2) is 59.6 Å². The van der Waals surface area contributed by atoms with E-state index in [1.54, 1.807) is 6.07 Å². The summed E-state index contributed by atoms with van der Waals surface area (Å²) in [5, 5.41) is 0. The summed E-state index contributed by atoms with van der Waals surface area (Å²) in [5.41, 5.74) is 2.84. The van der Waals surface area contributed by atoms with Gasteiger partial charge in [-0.2, -0.15) is 0 Å². The zero-order valence-corrected chi connectivity index (χ0v) is 9.73. The molecule has 2 heteroatoms. The molecule has 0 aliphatic heterocycles. The molecule has 0 radical (unpaired) electrons. The van der Waals surface area contributed by atoms with Crippen molar-refractivity contribution in [2.75, 3.05) is 0 Å². The minimum Gasteiger partial charge on any atom is -0.285 e. The molecule has 2 aromatic carbocycles. The fraction of sp³-hybridized carbons (Fsp3) is 0.133. The molecule has 0 aliphatic rings. The first-order valence-corrected chi connectivity index (χ1v) is 5.56. The smallest absolute Gasteiger partial charge is 0.123 e. The third-order valence-electron chi connectivity index (χ3n) is 2.58. The molecule has 0 N–H and O–H groups in total. The summed E-state index contributed by atoms with van der Waals surface area (Å²) in [6.07, 6.45) is 0. The molecule has 0 unspecified atom stereocenters. The molecule has 0 amide bonds. The Bertz CT molecular complexity index is 517. The van der Waals surface area contributed by atoms with E-state index in [0.717, 1.165) is 16.8 Å². The van der Waals surface area contributed by atoms with Gasteiger partial charge in [0.25, 0.3) is 0 Å². The van der Waals surface area contributed by atoms with E-state index in [4.69, 9.17) is 0 Å². The fourth-order valence-corrected chi connectivity index (χ4v) is 1.60. The van der Waals surface area contributed by atoms with Crippen LogP contribution in [0.4, 0.5) is 4.39 Å². The molecule has 0 spiro atoms. The second-order valence-corrected chi connectivity index (χ2v) is 3.90. The van der Waals surface area contributed by atoms with Gasteiger partial charge in [-0.25, -0.2) is 4.39 Å². The van der Waals surface area contributed by atoms with Gasteiger partial charge in [0.1, 0.15) is 5.82 Å². The lowest BCUT2D eigenvalue weighted by molar-refractivity contribution is 0.627. The quantitative estimate of drug-likeness (QED) is 0.706. The van der Waals surface area contributed by atoms with Gasteiger partial charge >= 0.3 is 0 Å². The number of benzene rings is 2. The molecule has 2 aromatic rings. The number of hydrogen-bond donors (Lipinski definition) is 0. The van der Waals surface area contributed by atoms with Crippen molar-refractivity contribution in [3.63, 3.8) is 0 Å². The zero-order valence-electron chi connectivity index (χ0n) is 9.73. The van der Waals surface area contributed by atoms with Crippen molar-refractivity contribution in [2.45, 2.75) is 13.5 Å². The predicted molar refractivity (Wildman–Crippen MR) is 68.8 cm³/mol. The van der Waals surface area contributed by atoms with Gasteiger partial charge in [-0.05, 0) is 30.2 Å². The Labute approximate surface area is 101 Å². The molecule has 17 heavy (non-hydrogen) atoms. The van der Waals surface area contributed by atoms with Gasteiger partial charge < -0.3 is 0 Å². The Morgan fingerprint density at radius 1 is 1.06 bits per heavy atom. The molecule has 0 aliphatic carbocycles. The van der Waals surface area contributed by atoms with Crippen LogP contribution in [0.3, 0.4) is 0 Å². The standard InChI is InChI=1S/C15H14FN/c1-12(14-8-5-9-15(16)10-14)17-11-13-6-3-2-4-7-13/h2-10H,11H2,1H3. The molecule has 0 bridgehead atoms. The number of nitrogens with zero attached hydrogens (tertiary/aromatic N) is 1. The molecular weight excluding hydrogens is 213 g/mol. The highest BCUT2D eigenvalue weighted by atomic mass is 19.1. The first kappa shape index (κ1) is 11.5. The summed E-state index contributed by atoms with van der Waals surface area (Å²) in [6.45, 7) is 2.53. The van der Waals surface area contributed by atoms with E-state index in [-0.39, 0.29) is 5.82 Å². The van der Waals surface area contributed by atoms with Gasteiger partial charge in [0, 0.05) is 5.71 Å². The summed E-state index contributed by atoms with van der Waals surface area (Å²) < 4.78 is 13.0. The third-order valence-corrected chi connectivity index (χ3v) is 2.58. The highest BCUT2D eigenvalue weighted by Crippen LogP contribution is 2.07. The topological polar surface area (TPSA) is 12.4 Å². The van der Waals surface area contributed by atoms with Crippen LogP contribution in [0.25, 0.3) is 0 Å². The van der Waals surface area contributed by atoms with E-state index in [2.05, 4.69) is 4.99 Å². The Kier molecular flexibility index (Phi) is 3.66. The average Bonchev–Trinajstić information content (AvgIpc) is 2.37. The van der Waals surface area contributed by atoms with Crippen molar-refractivity contribution < 1.29 is 4.39 Å². The molecule has 86 valence electrons. The summed E-state index contributed by atoms with van der Waals surface area (Å²) in [7, 11) is 0. The Balaban J connectivity index is 2.12. The van der Waals surface area contributed by atoms with Crippen LogP contribution in [0.2, 0.25) is 0 Å². The minimum atomic E-state index is -0.225. The largest absolute Gasteiger partial charge is 0.285 e. The minimum absolute atomic E-state index is 0.225. The lowest BCUT2D eigenvalue weighted by Gasteiger charge is -2.01. The van der Waals surface area contributed by atoms with Crippen molar-refractivity contribution in [3.8, 4) is 0 Å². The van der Waals surface area contributed by atoms with E-state index < -0.39 is 0 Å². The van der Waals surface area contributed by atoms with E-state index in [1.807, 2.05) is 43.3 Å². The van der Waals surface area contributed by atoms with Gasteiger partial charge in [0.2, 0.25) is 0 Å². The van der Waals surface area contributed by atoms with Crippen molar-refractivity contribution in [1.82, 2.24) is 0 Å². The predicted octanol–water partition coefficient (Wildman–Crippen LogP) is 3.83. The lowest BCUT2D eigenvalue weighted by Crippen LogP contribution is -1.96. The summed E-state index contributed by atoms with van der Waals surface area (Å²) >= 11 is 0. The first-order chi connectivity index (χ1) is 8.25. The van der Waals surface area contributed by atoms with Crippen molar-refractivity contribution in [1.29, 1.82) is 0 Å². The van der Waals surface area contributed by atoms with Crippen molar-refractivity contribution in [3.05, 3.63) is 71.5 Å². The second-order valence-electron chi connectivity index (χ2n) is 3.90. The van der Waals surface area contributed by atoms with Gasteiger partial charge in [-0.1, -0.05) is 42.5 Å². The Morgan fingerprint density at radius 3 is 2.53 bits per heavy atom. The maximum absolute atomic E-state index is 13.0. The highest BCUT2D eigenvalue weighted by molar-refractivity contribution is 5.98. The monoisotopic (exact) mass is 227 g/mol. The Hall–Kier alpha value is -1.96. The van der Waals surface area contributed by atoms with Crippen LogP contribution in [-0.2, 0) is 6.54 Å². The first-order valence-electron chi connectivity index (χ1n) is 5.56. The van der Waals surface area contributed by atoms with Crippen LogP contribution in [0, 0.1) is 5.82 Å². The number of rotatable bonds is 3. The van der Waals surface area contributed by atoms with Crippen LogP contribution in [0.1, 0.15) is 18.1 Å². The lowest BCUT2D eigenvalue weighted by atomic mass is 10.1. The van der Waals surface area contributed by atoms with E-state index >= 15 is 0 Å².